The molecule has 0 fully saturated rings. The van der Waals surface area contributed by atoms with Crippen LogP contribution in [-0.2, 0) is 4.74 Å². The number of methoxy groups -OCH3 is 1. The van der Waals surface area contributed by atoms with Gasteiger partial charge in [-0.25, -0.2) is 15.0 Å². The van der Waals surface area contributed by atoms with Gasteiger partial charge in [0.2, 0.25) is 0 Å². The summed E-state index contributed by atoms with van der Waals surface area (Å²) in [6.45, 7) is 1.88. The zero-order valence-corrected chi connectivity index (χ0v) is 13.5. The number of hydrazine groups is 1. The molecule has 7 nitrogen and oxygen atoms in total. The van der Waals surface area contributed by atoms with Crippen LogP contribution in [0.2, 0.25) is 0 Å². The number of carbonyl (C=O) groups is 2. The average Bonchev–Trinajstić information content (AvgIpc) is 2.61. The first-order valence-corrected chi connectivity index (χ1v) is 7.37. The summed E-state index contributed by atoms with van der Waals surface area (Å²) in [5.74, 6) is 0.637. The number of carbonyl (C=O) groups excluding carboxylic acids is 2. The van der Waals surface area contributed by atoms with Gasteiger partial charge >= 0.3 is 12.1 Å². The molecule has 0 saturated carbocycles. The predicted molar refractivity (Wildman–Crippen MR) is 91.1 cm³/mol. The number of amides is 3. The largest absolute Gasteiger partial charge is 0.497 e. The number of ether oxygens (including phenoxy) is 2. The lowest BCUT2D eigenvalue weighted by molar-refractivity contribution is 0.151. The van der Waals surface area contributed by atoms with Gasteiger partial charge in [-0.1, -0.05) is 18.2 Å². The van der Waals surface area contributed by atoms with Gasteiger partial charge < -0.3 is 14.8 Å². The summed E-state index contributed by atoms with van der Waals surface area (Å²) >= 11 is 0. The van der Waals surface area contributed by atoms with Crippen molar-refractivity contribution >= 4 is 23.5 Å². The summed E-state index contributed by atoms with van der Waals surface area (Å²) in [5, 5.41) is 3.78. The van der Waals surface area contributed by atoms with Gasteiger partial charge in [-0.2, -0.15) is 5.01 Å². The maximum absolute atomic E-state index is 12.5. The first-order valence-electron chi connectivity index (χ1n) is 7.37. The third kappa shape index (κ3) is 4.64. The molecule has 0 aliphatic heterocycles. The Balaban J connectivity index is 2.20. The summed E-state index contributed by atoms with van der Waals surface area (Å²) in [7, 11) is 1.55. The van der Waals surface area contributed by atoms with Gasteiger partial charge in [0, 0.05) is 5.69 Å². The third-order valence-electron chi connectivity index (χ3n) is 3.04. The topological polar surface area (TPSA) is 79.9 Å². The van der Waals surface area contributed by atoms with Gasteiger partial charge in [0.25, 0.3) is 0 Å². The molecule has 0 spiro atoms. The number of hydrogen-bond acceptors (Lipinski definition) is 4. The Bertz CT molecular complexity index is 674. The van der Waals surface area contributed by atoms with Gasteiger partial charge in [-0.3, -0.25) is 0 Å². The quantitative estimate of drug-likeness (QED) is 0.843. The second kappa shape index (κ2) is 8.42. The highest BCUT2D eigenvalue weighted by Crippen LogP contribution is 2.19. The molecule has 0 heterocycles. The predicted octanol–water partition coefficient (Wildman–Crippen LogP) is 3.39. The molecule has 3 amide bonds. The molecule has 7 heteroatoms. The molecule has 2 aromatic carbocycles. The van der Waals surface area contributed by atoms with E-state index in [1.807, 2.05) is 6.07 Å². The van der Waals surface area contributed by atoms with Gasteiger partial charge in [0.1, 0.15) is 5.75 Å². The molecule has 126 valence electrons. The second-order valence-corrected chi connectivity index (χ2v) is 4.66. The molecular weight excluding hydrogens is 310 g/mol. The molecule has 0 aliphatic carbocycles. The highest BCUT2D eigenvalue weighted by atomic mass is 16.6. The van der Waals surface area contributed by atoms with Crippen molar-refractivity contribution in [1.29, 1.82) is 0 Å². The van der Waals surface area contributed by atoms with E-state index in [0.29, 0.717) is 17.1 Å². The fraction of sp³-hybridized carbons (Fsp3) is 0.176. The van der Waals surface area contributed by atoms with E-state index in [4.69, 9.17) is 9.47 Å². The minimum Gasteiger partial charge on any atom is -0.497 e. The Labute approximate surface area is 140 Å². The van der Waals surface area contributed by atoms with Crippen molar-refractivity contribution in [3.8, 4) is 5.75 Å². The first kappa shape index (κ1) is 17.1. The van der Waals surface area contributed by atoms with E-state index in [2.05, 4.69) is 10.7 Å². The van der Waals surface area contributed by atoms with E-state index in [1.54, 1.807) is 62.6 Å². The smallest absolute Gasteiger partial charge is 0.426 e. The van der Waals surface area contributed by atoms with E-state index < -0.39 is 12.1 Å². The van der Waals surface area contributed by atoms with Crippen LogP contribution in [0.1, 0.15) is 6.92 Å². The Morgan fingerprint density at radius 2 is 1.71 bits per heavy atom. The maximum Gasteiger partial charge on any atom is 0.426 e. The van der Waals surface area contributed by atoms with E-state index in [1.165, 1.54) is 0 Å². The number of rotatable bonds is 4. The van der Waals surface area contributed by atoms with Crippen molar-refractivity contribution in [2.75, 3.05) is 24.0 Å². The summed E-state index contributed by atoms with van der Waals surface area (Å²) in [5.41, 5.74) is 3.47. The molecule has 0 atom stereocenters. The minimum atomic E-state index is -0.725. The van der Waals surface area contributed by atoms with Gasteiger partial charge in [0.15, 0.2) is 0 Å². The number of benzene rings is 2. The van der Waals surface area contributed by atoms with Crippen LogP contribution in [0.5, 0.6) is 5.75 Å². The highest BCUT2D eigenvalue weighted by Gasteiger charge is 2.19. The molecule has 2 rings (SSSR count). The van der Waals surface area contributed by atoms with E-state index in [0.717, 1.165) is 5.01 Å². The molecule has 0 saturated heterocycles. The molecular formula is C17H19N3O4. The van der Waals surface area contributed by atoms with Crippen LogP contribution in [0.25, 0.3) is 0 Å². The lowest BCUT2D eigenvalue weighted by Gasteiger charge is -2.23. The zero-order valence-electron chi connectivity index (χ0n) is 13.5. The number of anilines is 2. The third-order valence-corrected chi connectivity index (χ3v) is 3.04. The SMILES string of the molecule is CCOC(=O)NN(C(=O)Nc1ccccc1)c1ccc(OC)cc1. The van der Waals surface area contributed by atoms with E-state index in [9.17, 15) is 9.59 Å². The van der Waals surface area contributed by atoms with Crippen LogP contribution in [-0.4, -0.2) is 25.8 Å². The number of urea groups is 1. The number of nitrogens with zero attached hydrogens (tertiary/aromatic N) is 1. The normalized spacial score (nSPS) is 9.75. The molecule has 0 aromatic heterocycles. The Morgan fingerprint density at radius 1 is 1.04 bits per heavy atom. The molecule has 0 aliphatic rings. The van der Waals surface area contributed by atoms with Gasteiger partial charge in [-0.15, -0.1) is 0 Å². The standard InChI is InChI=1S/C17H19N3O4/c1-3-24-17(22)19-20(14-9-11-15(23-2)12-10-14)16(21)18-13-7-5-4-6-8-13/h4-12H,3H2,1-2H3,(H,18,21)(H,19,22). The fourth-order valence-corrected chi connectivity index (χ4v) is 1.92. The van der Waals surface area contributed by atoms with Crippen LogP contribution in [0, 0.1) is 0 Å². The molecule has 0 unspecified atom stereocenters. The zero-order chi connectivity index (χ0) is 17.4. The van der Waals surface area contributed by atoms with Crippen molar-refractivity contribution in [2.24, 2.45) is 0 Å². The first-order chi connectivity index (χ1) is 11.6. The summed E-state index contributed by atoms with van der Waals surface area (Å²) in [6, 6.07) is 15.1. The van der Waals surface area contributed by atoms with Crippen LogP contribution < -0.4 is 20.5 Å². The fourth-order valence-electron chi connectivity index (χ4n) is 1.92. The van der Waals surface area contributed by atoms with Crippen molar-refractivity contribution in [3.63, 3.8) is 0 Å². The van der Waals surface area contributed by atoms with Gasteiger partial charge in [0.05, 0.1) is 19.4 Å². The molecule has 24 heavy (non-hydrogen) atoms. The summed E-state index contributed by atoms with van der Waals surface area (Å²) in [6.07, 6.45) is -0.725. The maximum atomic E-state index is 12.5. The Morgan fingerprint density at radius 3 is 2.29 bits per heavy atom. The van der Waals surface area contributed by atoms with Crippen LogP contribution in [0.3, 0.4) is 0 Å². The van der Waals surface area contributed by atoms with E-state index >= 15 is 0 Å². The minimum absolute atomic E-state index is 0.197. The Kier molecular flexibility index (Phi) is 6.01. The number of nitrogens with one attached hydrogen (secondary N) is 2. The van der Waals surface area contributed by atoms with Crippen molar-refractivity contribution < 1.29 is 19.1 Å². The highest BCUT2D eigenvalue weighted by molar-refractivity contribution is 6.02. The van der Waals surface area contributed by atoms with Crippen molar-refractivity contribution in [2.45, 2.75) is 6.92 Å². The van der Waals surface area contributed by atoms with Crippen LogP contribution in [0.15, 0.2) is 54.6 Å². The molecule has 2 N–H and O–H groups in total. The molecule has 0 radical (unpaired) electrons. The molecule has 0 bridgehead atoms. The number of para-hydroxylation sites is 1. The Hall–Kier alpha value is -3.22. The number of hydrogen-bond donors (Lipinski definition) is 2. The summed E-state index contributed by atoms with van der Waals surface area (Å²) in [4.78, 5) is 24.2. The average molecular weight is 329 g/mol. The monoisotopic (exact) mass is 329 g/mol. The summed E-state index contributed by atoms with van der Waals surface area (Å²) < 4.78 is 9.94. The second-order valence-electron chi connectivity index (χ2n) is 4.66. The van der Waals surface area contributed by atoms with Crippen molar-refractivity contribution in [3.05, 3.63) is 54.6 Å². The molecule has 2 aromatic rings. The lowest BCUT2D eigenvalue weighted by atomic mass is 10.3. The van der Waals surface area contributed by atoms with Crippen molar-refractivity contribution in [1.82, 2.24) is 5.43 Å². The van der Waals surface area contributed by atoms with Crippen LogP contribution in [0.4, 0.5) is 21.0 Å². The van der Waals surface area contributed by atoms with E-state index in [-0.39, 0.29) is 6.61 Å². The lowest BCUT2D eigenvalue weighted by Crippen LogP contribution is -2.48. The van der Waals surface area contributed by atoms with Gasteiger partial charge in [-0.05, 0) is 43.3 Å². The van der Waals surface area contributed by atoms with Crippen LogP contribution >= 0.6 is 0 Å².